The highest BCUT2D eigenvalue weighted by Gasteiger charge is 2.12. The Morgan fingerprint density at radius 1 is 1.05 bits per heavy atom. The maximum Gasteiger partial charge on any atom is 0.197 e. The zero-order valence-electron chi connectivity index (χ0n) is 10.1. The second-order valence-corrected chi connectivity index (χ2v) is 4.32. The minimum Gasteiger partial charge on any atom is -0.508 e. The Kier molecular flexibility index (Phi) is 2.68. The van der Waals surface area contributed by atoms with Gasteiger partial charge in [-0.1, -0.05) is 12.1 Å². The van der Waals surface area contributed by atoms with Gasteiger partial charge < -0.3 is 14.6 Å². The lowest BCUT2D eigenvalue weighted by Gasteiger charge is -2.05. The van der Waals surface area contributed by atoms with E-state index in [1.54, 1.807) is 12.1 Å². The third kappa shape index (κ3) is 1.99. The molecule has 5 heteroatoms. The van der Waals surface area contributed by atoms with E-state index >= 15 is 0 Å². The van der Waals surface area contributed by atoms with Gasteiger partial charge in [0.2, 0.25) is 0 Å². The predicted molar refractivity (Wildman–Crippen MR) is 71.2 cm³/mol. The first-order valence-corrected chi connectivity index (χ1v) is 5.80. The summed E-state index contributed by atoms with van der Waals surface area (Å²) in [7, 11) is 0. The van der Waals surface area contributed by atoms with Crippen LogP contribution in [0, 0.1) is 5.82 Å². The van der Waals surface area contributed by atoms with Gasteiger partial charge in [-0.15, -0.1) is 0 Å². The highest BCUT2D eigenvalue weighted by atomic mass is 19.1. The van der Waals surface area contributed by atoms with Gasteiger partial charge in [0.15, 0.2) is 5.43 Å². The Morgan fingerprint density at radius 2 is 1.85 bits per heavy atom. The van der Waals surface area contributed by atoms with E-state index in [0.717, 1.165) is 12.1 Å². The lowest BCUT2D eigenvalue weighted by molar-refractivity contribution is 0.472. The number of benzene rings is 2. The number of rotatable bonds is 1. The maximum atomic E-state index is 13.3. The van der Waals surface area contributed by atoms with Gasteiger partial charge in [0, 0.05) is 23.8 Å². The van der Waals surface area contributed by atoms with E-state index in [0.29, 0.717) is 5.56 Å². The second kappa shape index (κ2) is 4.38. The zero-order chi connectivity index (χ0) is 14.3. The molecular weight excluding hydrogens is 263 g/mol. The molecule has 1 heterocycles. The summed E-state index contributed by atoms with van der Waals surface area (Å²) in [6.45, 7) is 0. The normalized spacial score (nSPS) is 10.8. The van der Waals surface area contributed by atoms with Gasteiger partial charge in [-0.3, -0.25) is 4.79 Å². The lowest BCUT2D eigenvalue weighted by atomic mass is 10.1. The van der Waals surface area contributed by atoms with Crippen LogP contribution in [0.2, 0.25) is 0 Å². The van der Waals surface area contributed by atoms with Crippen LogP contribution in [0.3, 0.4) is 0 Å². The molecule has 0 atom stereocenters. The highest BCUT2D eigenvalue weighted by Crippen LogP contribution is 2.28. The fraction of sp³-hybridized carbons (Fsp3) is 0. The van der Waals surface area contributed by atoms with Gasteiger partial charge in [0.05, 0.1) is 0 Å². The molecule has 0 amide bonds. The van der Waals surface area contributed by atoms with Crippen molar-refractivity contribution < 1.29 is 19.0 Å². The average molecular weight is 272 g/mol. The van der Waals surface area contributed by atoms with Crippen molar-refractivity contribution in [2.45, 2.75) is 0 Å². The zero-order valence-corrected chi connectivity index (χ0v) is 10.1. The molecule has 0 saturated carbocycles. The quantitative estimate of drug-likeness (QED) is 0.714. The molecule has 3 rings (SSSR count). The topological polar surface area (TPSA) is 70.7 Å². The Bertz CT molecular complexity index is 867. The van der Waals surface area contributed by atoms with E-state index in [-0.39, 0.29) is 22.5 Å². The van der Waals surface area contributed by atoms with Gasteiger partial charge in [0.25, 0.3) is 0 Å². The first-order valence-electron chi connectivity index (χ1n) is 5.80. The molecule has 0 bridgehead atoms. The number of phenolic OH excluding ortho intramolecular Hbond substituents is 2. The van der Waals surface area contributed by atoms with Gasteiger partial charge in [-0.2, -0.15) is 0 Å². The molecule has 0 aliphatic carbocycles. The van der Waals surface area contributed by atoms with Crippen molar-refractivity contribution in [3.8, 4) is 22.8 Å². The fourth-order valence-electron chi connectivity index (χ4n) is 2.04. The average Bonchev–Trinajstić information content (AvgIpc) is 2.37. The van der Waals surface area contributed by atoms with Crippen molar-refractivity contribution in [3.05, 3.63) is 58.5 Å². The van der Waals surface area contributed by atoms with Gasteiger partial charge >= 0.3 is 0 Å². The van der Waals surface area contributed by atoms with Crippen molar-refractivity contribution in [1.82, 2.24) is 0 Å². The number of hydrogen-bond donors (Lipinski definition) is 2. The smallest absolute Gasteiger partial charge is 0.197 e. The lowest BCUT2D eigenvalue weighted by Crippen LogP contribution is -2.01. The third-order valence-electron chi connectivity index (χ3n) is 2.91. The predicted octanol–water partition coefficient (Wildman–Crippen LogP) is 3.01. The van der Waals surface area contributed by atoms with E-state index in [1.807, 2.05) is 0 Å². The summed E-state index contributed by atoms with van der Waals surface area (Å²) >= 11 is 0. The SMILES string of the molecule is O=c1cc(-c2cccc(O)c2)oc2cc(F)cc(O)c12. The minimum atomic E-state index is -0.703. The summed E-state index contributed by atoms with van der Waals surface area (Å²) in [6.07, 6.45) is 0. The molecule has 0 fully saturated rings. The van der Waals surface area contributed by atoms with Crippen molar-refractivity contribution in [3.63, 3.8) is 0 Å². The summed E-state index contributed by atoms with van der Waals surface area (Å²) in [6, 6.07) is 9.21. The number of hydrogen-bond acceptors (Lipinski definition) is 4. The van der Waals surface area contributed by atoms with Crippen LogP contribution in [0.1, 0.15) is 0 Å². The van der Waals surface area contributed by atoms with Crippen LogP contribution >= 0.6 is 0 Å². The van der Waals surface area contributed by atoms with Crippen LogP contribution in [0.25, 0.3) is 22.3 Å². The number of halogens is 1. The maximum absolute atomic E-state index is 13.3. The van der Waals surface area contributed by atoms with E-state index in [2.05, 4.69) is 0 Å². The molecule has 4 nitrogen and oxygen atoms in total. The van der Waals surface area contributed by atoms with E-state index in [4.69, 9.17) is 4.42 Å². The molecule has 0 spiro atoms. The van der Waals surface area contributed by atoms with Gasteiger partial charge in [-0.05, 0) is 12.1 Å². The second-order valence-electron chi connectivity index (χ2n) is 4.32. The summed E-state index contributed by atoms with van der Waals surface area (Å²) in [5.74, 6) is -0.960. The monoisotopic (exact) mass is 272 g/mol. The molecule has 0 aliphatic rings. The molecule has 0 aliphatic heterocycles. The van der Waals surface area contributed by atoms with Crippen LogP contribution in [-0.2, 0) is 0 Å². The van der Waals surface area contributed by atoms with Crippen LogP contribution in [0.5, 0.6) is 11.5 Å². The van der Waals surface area contributed by atoms with Crippen LogP contribution in [0.15, 0.2) is 51.7 Å². The molecule has 2 N–H and O–H groups in total. The molecule has 20 heavy (non-hydrogen) atoms. The molecule has 0 radical (unpaired) electrons. The molecule has 3 aromatic rings. The fourth-order valence-corrected chi connectivity index (χ4v) is 2.04. The van der Waals surface area contributed by atoms with Crippen molar-refractivity contribution in [2.75, 3.05) is 0 Å². The molecule has 1 aromatic heterocycles. The summed E-state index contributed by atoms with van der Waals surface area (Å²) < 4.78 is 18.7. The molecular formula is C15H9FO4. The molecule has 0 saturated heterocycles. The first kappa shape index (κ1) is 12.2. The molecule has 100 valence electrons. The third-order valence-corrected chi connectivity index (χ3v) is 2.91. The van der Waals surface area contributed by atoms with E-state index in [9.17, 15) is 19.4 Å². The molecule has 0 unspecified atom stereocenters. The van der Waals surface area contributed by atoms with Crippen molar-refractivity contribution >= 4 is 11.0 Å². The van der Waals surface area contributed by atoms with Crippen LogP contribution in [-0.4, -0.2) is 10.2 Å². The standard InChI is InChI=1S/C15H9FO4/c16-9-5-11(18)15-12(19)7-13(20-14(15)6-9)8-2-1-3-10(17)4-8/h1-7,17-18H. The van der Waals surface area contributed by atoms with Gasteiger partial charge in [0.1, 0.15) is 34.0 Å². The summed E-state index contributed by atoms with van der Waals surface area (Å²) in [4.78, 5) is 12.0. The summed E-state index contributed by atoms with van der Waals surface area (Å²) in [5, 5.41) is 19.0. The summed E-state index contributed by atoms with van der Waals surface area (Å²) in [5.41, 5.74) is -0.0526. The van der Waals surface area contributed by atoms with Crippen molar-refractivity contribution in [2.24, 2.45) is 0 Å². The minimum absolute atomic E-state index is 0.0207. The highest BCUT2D eigenvalue weighted by molar-refractivity contribution is 5.84. The van der Waals surface area contributed by atoms with Gasteiger partial charge in [-0.25, -0.2) is 4.39 Å². The van der Waals surface area contributed by atoms with Crippen LogP contribution in [0.4, 0.5) is 4.39 Å². The van der Waals surface area contributed by atoms with Crippen molar-refractivity contribution in [1.29, 1.82) is 0 Å². The Morgan fingerprint density at radius 3 is 2.60 bits per heavy atom. The Hall–Kier alpha value is -2.82. The Balaban J connectivity index is 2.32. The number of phenols is 2. The Labute approximate surface area is 112 Å². The largest absolute Gasteiger partial charge is 0.508 e. The number of aromatic hydroxyl groups is 2. The van der Waals surface area contributed by atoms with Crippen LogP contribution < -0.4 is 5.43 Å². The first-order chi connectivity index (χ1) is 9.54. The van der Waals surface area contributed by atoms with E-state index < -0.39 is 17.0 Å². The number of fused-ring (bicyclic) bond motifs is 1. The van der Waals surface area contributed by atoms with E-state index in [1.165, 1.54) is 18.2 Å². The molecule has 2 aromatic carbocycles.